The van der Waals surface area contributed by atoms with Gasteiger partial charge in [-0.2, -0.15) is 0 Å². The fourth-order valence-electron chi connectivity index (χ4n) is 2.32. The first-order chi connectivity index (χ1) is 9.27. The topological polar surface area (TPSA) is 57.2 Å². The monoisotopic (exact) mass is 271 g/mol. The molecule has 0 amide bonds. The molecule has 0 aromatic carbocycles. The summed E-state index contributed by atoms with van der Waals surface area (Å²) in [6.07, 6.45) is 15.7. The molecule has 0 saturated heterocycles. The Morgan fingerprint density at radius 3 is 1.21 bits per heavy atom. The zero-order chi connectivity index (χ0) is 14.2. The number of hydrogen-bond acceptors (Lipinski definition) is 1. The summed E-state index contributed by atoms with van der Waals surface area (Å²) in [5, 5.41) is 18.7. The first-order valence-electron chi connectivity index (χ1n) is 8.07. The molecule has 0 heterocycles. The van der Waals surface area contributed by atoms with Crippen LogP contribution in [0.4, 0.5) is 0 Å². The molecule has 1 radical (unpaired) electrons. The second kappa shape index (κ2) is 15.5. The second-order valence-electron chi connectivity index (χ2n) is 5.44. The highest BCUT2D eigenvalue weighted by molar-refractivity contribution is 5.66. The van der Waals surface area contributed by atoms with Gasteiger partial charge in [0.25, 0.3) is 0 Å². The first kappa shape index (κ1) is 18.4. The molecule has 0 aromatic heterocycles. The van der Waals surface area contributed by atoms with Crippen LogP contribution in [0.15, 0.2) is 0 Å². The van der Waals surface area contributed by atoms with Gasteiger partial charge < -0.3 is 5.11 Å². The van der Waals surface area contributed by atoms with Crippen molar-refractivity contribution in [2.45, 2.75) is 89.9 Å². The Bertz CT molecular complexity index is 192. The van der Waals surface area contributed by atoms with Crippen molar-refractivity contribution in [2.75, 3.05) is 6.61 Å². The van der Waals surface area contributed by atoms with Gasteiger partial charge >= 0.3 is 5.97 Å². The van der Waals surface area contributed by atoms with Gasteiger partial charge in [0.05, 0.1) is 6.61 Å². The van der Waals surface area contributed by atoms with E-state index < -0.39 is 5.97 Å². The molecule has 3 heteroatoms. The number of carboxylic acids is 1. The molecule has 0 spiro atoms. The highest BCUT2D eigenvalue weighted by Gasteiger charge is 1.97. The van der Waals surface area contributed by atoms with E-state index in [1.807, 2.05) is 0 Å². The van der Waals surface area contributed by atoms with Crippen molar-refractivity contribution in [1.82, 2.24) is 0 Å². The zero-order valence-electron chi connectivity index (χ0n) is 12.4. The molecule has 0 rings (SSSR count). The Labute approximate surface area is 118 Å². The molecule has 0 unspecified atom stereocenters. The zero-order valence-corrected chi connectivity index (χ0v) is 12.4. The lowest BCUT2D eigenvalue weighted by Gasteiger charge is -2.02. The number of hydrogen-bond donors (Lipinski definition) is 1. The Balaban J connectivity index is 2.93. The summed E-state index contributed by atoms with van der Waals surface area (Å²) in [6.45, 7) is 0.0897. The Kier molecular flexibility index (Phi) is 15.0. The van der Waals surface area contributed by atoms with E-state index in [4.69, 9.17) is 5.11 Å². The van der Waals surface area contributed by atoms with Gasteiger partial charge in [-0.1, -0.05) is 70.6 Å². The van der Waals surface area contributed by atoms with Gasteiger partial charge in [0.1, 0.15) is 0 Å². The van der Waals surface area contributed by atoms with Crippen molar-refractivity contribution in [1.29, 1.82) is 0 Å². The minimum absolute atomic E-state index is 0.0897. The molecule has 1 N–H and O–H groups in total. The van der Waals surface area contributed by atoms with Crippen LogP contribution in [0.2, 0.25) is 0 Å². The average Bonchev–Trinajstić information content (AvgIpc) is 2.39. The first-order valence-corrected chi connectivity index (χ1v) is 8.07. The van der Waals surface area contributed by atoms with Gasteiger partial charge in [-0.05, 0) is 12.8 Å². The van der Waals surface area contributed by atoms with Gasteiger partial charge in [0.15, 0.2) is 0 Å². The molecule has 0 fully saturated rings. The average molecular weight is 271 g/mol. The quantitative estimate of drug-likeness (QED) is 0.428. The Hall–Kier alpha value is -0.570. The number of carboxylic acid groups (broad SMARTS) is 1. The van der Waals surface area contributed by atoms with Crippen LogP contribution in [0, 0.1) is 0 Å². The molecule has 3 nitrogen and oxygen atoms in total. The smallest absolute Gasteiger partial charge is 0.303 e. The molecule has 0 atom stereocenters. The summed E-state index contributed by atoms with van der Waals surface area (Å²) >= 11 is 0. The molecule has 0 aliphatic carbocycles. The maximum atomic E-state index is 10.3. The maximum Gasteiger partial charge on any atom is 0.303 e. The second-order valence-corrected chi connectivity index (χ2v) is 5.44. The Morgan fingerprint density at radius 2 is 0.895 bits per heavy atom. The van der Waals surface area contributed by atoms with Gasteiger partial charge in [-0.15, -0.1) is 0 Å². The summed E-state index contributed by atoms with van der Waals surface area (Å²) in [7, 11) is 0. The maximum absolute atomic E-state index is 10.3. The molecule has 0 aliphatic rings. The molecule has 0 aliphatic heterocycles. The van der Waals surface area contributed by atoms with E-state index in [0.29, 0.717) is 6.42 Å². The molecular formula is C16H31O3. The summed E-state index contributed by atoms with van der Waals surface area (Å²) < 4.78 is 0. The number of rotatable bonds is 15. The van der Waals surface area contributed by atoms with Crippen LogP contribution >= 0.6 is 0 Å². The van der Waals surface area contributed by atoms with Gasteiger partial charge in [-0.3, -0.25) is 4.79 Å². The van der Waals surface area contributed by atoms with E-state index in [2.05, 4.69) is 0 Å². The standard InChI is InChI=1S/C16H31O3/c17-15-13-11-9-7-5-3-1-2-4-6-8-10-12-14-16(18)19/h1-15H2,(H,18,19). The van der Waals surface area contributed by atoms with Crippen LogP contribution in [0.5, 0.6) is 0 Å². The molecule has 0 bridgehead atoms. The predicted octanol–water partition coefficient (Wildman–Crippen LogP) is 4.96. The highest BCUT2D eigenvalue weighted by Crippen LogP contribution is 2.12. The van der Waals surface area contributed by atoms with Crippen molar-refractivity contribution in [3.05, 3.63) is 0 Å². The number of carbonyl (C=O) groups is 1. The molecule has 19 heavy (non-hydrogen) atoms. The third kappa shape index (κ3) is 17.4. The lowest BCUT2D eigenvalue weighted by molar-refractivity contribution is -0.137. The van der Waals surface area contributed by atoms with Crippen molar-refractivity contribution < 1.29 is 15.0 Å². The van der Waals surface area contributed by atoms with Crippen LogP contribution in [-0.2, 0) is 9.90 Å². The Morgan fingerprint density at radius 1 is 0.579 bits per heavy atom. The summed E-state index contributed by atoms with van der Waals surface area (Å²) in [4.78, 5) is 10.3. The van der Waals surface area contributed by atoms with E-state index in [0.717, 1.165) is 25.7 Å². The van der Waals surface area contributed by atoms with Crippen molar-refractivity contribution >= 4 is 5.97 Å². The van der Waals surface area contributed by atoms with Crippen molar-refractivity contribution in [3.8, 4) is 0 Å². The van der Waals surface area contributed by atoms with Crippen LogP contribution in [0.3, 0.4) is 0 Å². The van der Waals surface area contributed by atoms with Gasteiger partial charge in [-0.25, -0.2) is 5.11 Å². The lowest BCUT2D eigenvalue weighted by atomic mass is 10.0. The summed E-state index contributed by atoms with van der Waals surface area (Å²) in [5.74, 6) is -0.671. The summed E-state index contributed by atoms with van der Waals surface area (Å²) in [5.41, 5.74) is 0. The minimum Gasteiger partial charge on any atom is -0.481 e. The SMILES string of the molecule is [O]CCCCCCCCCCCCCCCC(=O)O. The molecule has 113 valence electrons. The van der Waals surface area contributed by atoms with Gasteiger partial charge in [0, 0.05) is 6.42 Å². The summed E-state index contributed by atoms with van der Waals surface area (Å²) in [6, 6.07) is 0. The van der Waals surface area contributed by atoms with Crippen molar-refractivity contribution in [2.24, 2.45) is 0 Å². The van der Waals surface area contributed by atoms with Crippen LogP contribution < -0.4 is 0 Å². The minimum atomic E-state index is -0.671. The highest BCUT2D eigenvalue weighted by atomic mass is 16.4. The third-order valence-electron chi connectivity index (χ3n) is 3.53. The van der Waals surface area contributed by atoms with E-state index >= 15 is 0 Å². The van der Waals surface area contributed by atoms with E-state index in [1.165, 1.54) is 57.8 Å². The van der Waals surface area contributed by atoms with Crippen LogP contribution in [0.1, 0.15) is 89.9 Å². The number of unbranched alkanes of at least 4 members (excludes halogenated alkanes) is 12. The van der Waals surface area contributed by atoms with Crippen molar-refractivity contribution in [3.63, 3.8) is 0 Å². The molecule has 0 saturated carbocycles. The third-order valence-corrected chi connectivity index (χ3v) is 3.53. The predicted molar refractivity (Wildman–Crippen MR) is 77.8 cm³/mol. The van der Waals surface area contributed by atoms with E-state index in [-0.39, 0.29) is 6.61 Å². The fourth-order valence-corrected chi connectivity index (χ4v) is 2.32. The molecular weight excluding hydrogens is 240 g/mol. The van der Waals surface area contributed by atoms with Crippen LogP contribution in [0.25, 0.3) is 0 Å². The number of aliphatic carboxylic acids is 1. The fraction of sp³-hybridized carbons (Fsp3) is 0.938. The lowest BCUT2D eigenvalue weighted by Crippen LogP contribution is -1.93. The van der Waals surface area contributed by atoms with Crippen LogP contribution in [-0.4, -0.2) is 17.7 Å². The molecule has 0 aromatic rings. The van der Waals surface area contributed by atoms with Gasteiger partial charge in [0.2, 0.25) is 0 Å². The van der Waals surface area contributed by atoms with E-state index in [9.17, 15) is 9.90 Å². The van der Waals surface area contributed by atoms with E-state index in [1.54, 1.807) is 0 Å². The normalized spacial score (nSPS) is 10.8. The largest absolute Gasteiger partial charge is 0.481 e.